The Hall–Kier alpha value is -4.76. The number of pyridine rings is 1. The minimum atomic E-state index is -0.610. The average molecular weight is 527 g/mol. The number of fused-ring (bicyclic) bond motifs is 2. The van der Waals surface area contributed by atoms with E-state index in [0.29, 0.717) is 49.8 Å². The number of rotatable bonds is 5. The number of carbonyl (C=O) groups excluding carboxylic acids is 2. The van der Waals surface area contributed by atoms with Gasteiger partial charge in [-0.2, -0.15) is 0 Å². The molecule has 188 valence electrons. The third kappa shape index (κ3) is 4.22. The van der Waals surface area contributed by atoms with E-state index in [1.54, 1.807) is 29.6 Å². The number of methoxy groups -OCH3 is 1. The summed E-state index contributed by atoms with van der Waals surface area (Å²) in [6.45, 7) is 0.154. The number of aromatic nitrogens is 1. The lowest BCUT2D eigenvalue weighted by Crippen LogP contribution is -2.15. The van der Waals surface area contributed by atoms with Gasteiger partial charge in [-0.1, -0.05) is 30.3 Å². The van der Waals surface area contributed by atoms with E-state index in [4.69, 9.17) is 19.2 Å². The molecule has 0 atom stereocenters. The summed E-state index contributed by atoms with van der Waals surface area (Å²) in [6, 6.07) is 20.3. The molecule has 5 aromatic rings. The molecule has 9 heteroatoms. The quantitative estimate of drug-likeness (QED) is 0.262. The predicted octanol–water partition coefficient (Wildman–Crippen LogP) is 6.54. The summed E-state index contributed by atoms with van der Waals surface area (Å²) in [5.74, 6) is -0.152. The number of thiophene rings is 1. The van der Waals surface area contributed by atoms with Gasteiger partial charge >= 0.3 is 5.97 Å². The van der Waals surface area contributed by atoms with Crippen molar-refractivity contribution < 1.29 is 28.2 Å². The van der Waals surface area contributed by atoms with Gasteiger partial charge in [0, 0.05) is 21.9 Å². The Bertz CT molecular complexity index is 1710. The molecule has 0 unspecified atom stereocenters. The molecule has 0 bridgehead atoms. The zero-order chi connectivity index (χ0) is 26.2. The van der Waals surface area contributed by atoms with E-state index in [1.807, 2.05) is 36.4 Å². The maximum Gasteiger partial charge on any atom is 0.341 e. The molecular formula is C29H19FN2O5S. The van der Waals surface area contributed by atoms with Gasteiger partial charge in [0.15, 0.2) is 11.5 Å². The number of ether oxygens (including phenoxy) is 3. The van der Waals surface area contributed by atoms with Crippen LogP contribution in [0.15, 0.2) is 78.2 Å². The highest BCUT2D eigenvalue weighted by molar-refractivity contribution is 7.15. The van der Waals surface area contributed by atoms with Crippen LogP contribution < -0.4 is 14.8 Å². The van der Waals surface area contributed by atoms with Crippen molar-refractivity contribution in [3.63, 3.8) is 0 Å². The number of hydrogen-bond donors (Lipinski definition) is 1. The van der Waals surface area contributed by atoms with Crippen molar-refractivity contribution in [2.75, 3.05) is 19.2 Å². The van der Waals surface area contributed by atoms with E-state index in [-0.39, 0.29) is 18.2 Å². The number of esters is 1. The Labute approximate surface area is 220 Å². The average Bonchev–Trinajstić information content (AvgIpc) is 3.59. The maximum atomic E-state index is 13.7. The fraction of sp³-hybridized carbons (Fsp3) is 0.0690. The van der Waals surface area contributed by atoms with E-state index < -0.39 is 11.9 Å². The molecular weight excluding hydrogens is 507 g/mol. The van der Waals surface area contributed by atoms with Crippen LogP contribution in [-0.4, -0.2) is 30.8 Å². The van der Waals surface area contributed by atoms with Crippen molar-refractivity contribution in [3.05, 3.63) is 95.1 Å². The Morgan fingerprint density at radius 3 is 2.55 bits per heavy atom. The summed E-state index contributed by atoms with van der Waals surface area (Å²) < 4.78 is 29.4. The van der Waals surface area contributed by atoms with E-state index in [1.165, 1.54) is 30.6 Å². The van der Waals surface area contributed by atoms with Crippen LogP contribution in [0.2, 0.25) is 0 Å². The van der Waals surface area contributed by atoms with Gasteiger partial charge in [-0.25, -0.2) is 14.2 Å². The zero-order valence-electron chi connectivity index (χ0n) is 20.0. The number of hydrogen-bond acceptors (Lipinski definition) is 7. The molecule has 7 nitrogen and oxygen atoms in total. The van der Waals surface area contributed by atoms with Gasteiger partial charge in [0.2, 0.25) is 6.79 Å². The van der Waals surface area contributed by atoms with Crippen LogP contribution in [-0.2, 0) is 4.74 Å². The number of anilines is 1. The minimum Gasteiger partial charge on any atom is -0.465 e. The van der Waals surface area contributed by atoms with Crippen molar-refractivity contribution in [2.45, 2.75) is 0 Å². The zero-order valence-corrected chi connectivity index (χ0v) is 20.8. The van der Waals surface area contributed by atoms with Crippen molar-refractivity contribution in [3.8, 4) is 33.9 Å². The predicted molar refractivity (Wildman–Crippen MR) is 142 cm³/mol. The number of para-hydroxylation sites is 1. The van der Waals surface area contributed by atoms with Crippen LogP contribution >= 0.6 is 11.3 Å². The van der Waals surface area contributed by atoms with E-state index in [9.17, 15) is 14.0 Å². The first-order chi connectivity index (χ1) is 18.5. The number of benzene rings is 3. The molecule has 0 radical (unpaired) electrons. The van der Waals surface area contributed by atoms with E-state index >= 15 is 0 Å². The molecule has 3 aromatic carbocycles. The third-order valence-electron chi connectivity index (χ3n) is 6.19. The molecule has 0 saturated heterocycles. The summed E-state index contributed by atoms with van der Waals surface area (Å²) in [6.07, 6.45) is 0. The standard InChI is InChI=1S/C29H19FN2O5S/c1-35-29(34)26-21(16-6-9-18(30)10-7-16)14-38-28(26)32-27(33)20-13-23(31-22-5-3-2-4-19(20)22)17-8-11-24-25(12-17)37-15-36-24/h2-14H,15H2,1H3,(H,32,33). The molecule has 3 heterocycles. The highest BCUT2D eigenvalue weighted by atomic mass is 32.1. The van der Waals surface area contributed by atoms with Gasteiger partial charge in [0.25, 0.3) is 5.91 Å². The lowest BCUT2D eigenvalue weighted by Gasteiger charge is -2.12. The lowest BCUT2D eigenvalue weighted by molar-refractivity contribution is 0.0603. The number of nitrogens with zero attached hydrogens (tertiary/aromatic N) is 1. The molecule has 1 aliphatic rings. The molecule has 1 N–H and O–H groups in total. The van der Waals surface area contributed by atoms with Crippen molar-refractivity contribution in [2.24, 2.45) is 0 Å². The van der Waals surface area contributed by atoms with Crippen LogP contribution in [0, 0.1) is 5.82 Å². The smallest absolute Gasteiger partial charge is 0.341 e. The molecule has 0 fully saturated rings. The molecule has 1 amide bonds. The van der Waals surface area contributed by atoms with Crippen molar-refractivity contribution in [1.29, 1.82) is 0 Å². The van der Waals surface area contributed by atoms with Gasteiger partial charge < -0.3 is 19.5 Å². The Kier molecular flexibility index (Phi) is 5.97. The normalized spacial score (nSPS) is 11.9. The third-order valence-corrected chi connectivity index (χ3v) is 7.09. The maximum absolute atomic E-state index is 13.7. The molecule has 1 aliphatic heterocycles. The van der Waals surface area contributed by atoms with Gasteiger partial charge in [0.1, 0.15) is 16.4 Å². The van der Waals surface area contributed by atoms with E-state index in [2.05, 4.69) is 5.32 Å². The van der Waals surface area contributed by atoms with Crippen LogP contribution in [0.3, 0.4) is 0 Å². The topological polar surface area (TPSA) is 86.8 Å². The fourth-order valence-corrected chi connectivity index (χ4v) is 5.29. The molecule has 0 aliphatic carbocycles. The van der Waals surface area contributed by atoms with Crippen molar-refractivity contribution >= 4 is 39.1 Å². The van der Waals surface area contributed by atoms with Gasteiger partial charge in [-0.15, -0.1) is 11.3 Å². The first-order valence-corrected chi connectivity index (χ1v) is 12.5. The molecule has 2 aromatic heterocycles. The molecule has 0 saturated carbocycles. The molecule has 0 spiro atoms. The van der Waals surface area contributed by atoms with Crippen LogP contribution in [0.1, 0.15) is 20.7 Å². The Morgan fingerprint density at radius 2 is 1.74 bits per heavy atom. The van der Waals surface area contributed by atoms with E-state index in [0.717, 1.165) is 5.56 Å². The lowest BCUT2D eigenvalue weighted by atomic mass is 10.0. The second kappa shape index (κ2) is 9.60. The molecule has 38 heavy (non-hydrogen) atoms. The first-order valence-electron chi connectivity index (χ1n) is 11.6. The first kappa shape index (κ1) is 23.6. The number of amides is 1. The Morgan fingerprint density at radius 1 is 0.974 bits per heavy atom. The van der Waals surface area contributed by atoms with Crippen LogP contribution in [0.4, 0.5) is 9.39 Å². The van der Waals surface area contributed by atoms with Crippen LogP contribution in [0.5, 0.6) is 11.5 Å². The Balaban J connectivity index is 1.41. The van der Waals surface area contributed by atoms with Gasteiger partial charge in [-0.05, 0) is 48.0 Å². The van der Waals surface area contributed by atoms with Gasteiger partial charge in [-0.3, -0.25) is 4.79 Å². The molecule has 6 rings (SSSR count). The summed E-state index contributed by atoms with van der Waals surface area (Å²) >= 11 is 1.19. The largest absolute Gasteiger partial charge is 0.465 e. The van der Waals surface area contributed by atoms with Crippen molar-refractivity contribution in [1.82, 2.24) is 4.98 Å². The fourth-order valence-electron chi connectivity index (χ4n) is 4.33. The summed E-state index contributed by atoms with van der Waals surface area (Å²) in [4.78, 5) is 31.2. The second-order valence-corrected chi connectivity index (χ2v) is 9.33. The monoisotopic (exact) mass is 526 g/mol. The summed E-state index contributed by atoms with van der Waals surface area (Å²) in [5, 5.41) is 5.60. The number of carbonyl (C=O) groups is 2. The van der Waals surface area contributed by atoms with Crippen LogP contribution in [0.25, 0.3) is 33.3 Å². The SMILES string of the molecule is COC(=O)c1c(-c2ccc(F)cc2)csc1NC(=O)c1cc(-c2ccc3c(c2)OCO3)nc2ccccc12. The minimum absolute atomic E-state index is 0.154. The number of nitrogens with one attached hydrogen (secondary N) is 1. The summed E-state index contributed by atoms with van der Waals surface area (Å²) in [7, 11) is 1.27. The second-order valence-electron chi connectivity index (χ2n) is 8.45. The summed E-state index contributed by atoms with van der Waals surface area (Å²) in [5.41, 5.74) is 3.74. The number of halogens is 1. The highest BCUT2D eigenvalue weighted by Crippen LogP contribution is 2.38. The highest BCUT2D eigenvalue weighted by Gasteiger charge is 2.24. The van der Waals surface area contributed by atoms with Gasteiger partial charge in [0.05, 0.1) is 23.9 Å².